The normalized spacial score (nSPS) is 36.7. The minimum Gasteiger partial charge on any atom is -0.394 e. The summed E-state index contributed by atoms with van der Waals surface area (Å²) < 4.78 is 18.4. The van der Waals surface area contributed by atoms with E-state index < -0.39 is 42.9 Å². The lowest BCUT2D eigenvalue weighted by atomic mass is 10.1. The van der Waals surface area contributed by atoms with Crippen molar-refractivity contribution in [2.45, 2.75) is 24.5 Å². The predicted octanol–water partition coefficient (Wildman–Crippen LogP) is -1.86. The first kappa shape index (κ1) is 13.0. The van der Waals surface area contributed by atoms with Gasteiger partial charge in [-0.25, -0.2) is 0 Å². The van der Waals surface area contributed by atoms with Gasteiger partial charge in [-0.1, -0.05) is 6.58 Å². The Kier molecular flexibility index (Phi) is 3.35. The van der Waals surface area contributed by atoms with Crippen molar-refractivity contribution in [3.8, 4) is 0 Å². The summed E-state index contributed by atoms with van der Waals surface area (Å²) in [4.78, 5) is 12.1. The van der Waals surface area contributed by atoms with Gasteiger partial charge < -0.3 is 30.3 Å². The third-order valence-corrected chi connectivity index (χ3v) is 2.83. The molecule has 2 unspecified atom stereocenters. The summed E-state index contributed by atoms with van der Waals surface area (Å²) in [5, 5.41) is 30.4. The molecule has 0 saturated carbocycles. The number of hydrogen-bond donors (Lipinski definition) is 4. The topological polar surface area (TPSA) is 102 Å². The Morgan fingerprint density at radius 2 is 2.17 bits per heavy atom. The van der Waals surface area contributed by atoms with Crippen LogP contribution in [0.4, 0.5) is 4.39 Å². The molecule has 0 aromatic heterocycles. The Bertz CT molecular complexity index is 413. The zero-order valence-corrected chi connectivity index (χ0v) is 9.28. The molecule has 0 aromatic rings. The smallest absolute Gasteiger partial charge is 0.287 e. The average molecular weight is 260 g/mol. The van der Waals surface area contributed by atoms with Gasteiger partial charge in [0, 0.05) is 6.20 Å². The lowest BCUT2D eigenvalue weighted by molar-refractivity contribution is -0.121. The lowest BCUT2D eigenvalue weighted by Crippen LogP contribution is -2.47. The lowest BCUT2D eigenvalue weighted by Gasteiger charge is -2.32. The maximum atomic E-state index is 13.2. The summed E-state index contributed by atoms with van der Waals surface area (Å²) in [6.07, 6.45) is -3.95. The molecule has 2 heterocycles. The van der Waals surface area contributed by atoms with E-state index in [-0.39, 0.29) is 5.82 Å². The maximum absolute atomic E-state index is 13.2. The standard InChI is InChI=1S/C10H13FN2O5/c1-4-12-9(17)5(11)2-13(4)10-8(16)7(15)6(3-14)18-10/h2,6-8,10,14-16H,1,3H2,(H,12,17)/t6-,7?,8?,10-/m1/s1. The molecule has 2 aliphatic heterocycles. The van der Waals surface area contributed by atoms with Gasteiger partial charge in [0.25, 0.3) is 5.91 Å². The first-order chi connectivity index (χ1) is 8.45. The second kappa shape index (κ2) is 4.65. The van der Waals surface area contributed by atoms with Crippen LogP contribution in [0.25, 0.3) is 0 Å². The summed E-state index contributed by atoms with van der Waals surface area (Å²) in [7, 11) is 0. The number of carbonyl (C=O) groups is 1. The number of ether oxygens (including phenoxy) is 1. The molecule has 0 aromatic carbocycles. The second-order valence-electron chi connectivity index (χ2n) is 4.01. The van der Waals surface area contributed by atoms with Crippen LogP contribution in [0.15, 0.2) is 24.4 Å². The van der Waals surface area contributed by atoms with Gasteiger partial charge in [0.15, 0.2) is 6.23 Å². The Balaban J connectivity index is 2.22. The molecule has 7 nitrogen and oxygen atoms in total. The zero-order chi connectivity index (χ0) is 13.4. The number of hydrogen-bond acceptors (Lipinski definition) is 6. The first-order valence-corrected chi connectivity index (χ1v) is 5.24. The molecule has 1 amide bonds. The molecule has 4 atom stereocenters. The number of carbonyl (C=O) groups excluding carboxylic acids is 1. The number of halogens is 1. The fourth-order valence-electron chi connectivity index (χ4n) is 1.85. The van der Waals surface area contributed by atoms with Gasteiger partial charge in [-0.2, -0.15) is 4.39 Å². The molecule has 0 radical (unpaired) electrons. The molecule has 0 bridgehead atoms. The molecule has 0 spiro atoms. The minimum atomic E-state index is -1.36. The third kappa shape index (κ3) is 1.99. The van der Waals surface area contributed by atoms with Gasteiger partial charge in [0.1, 0.15) is 24.1 Å². The van der Waals surface area contributed by atoms with E-state index >= 15 is 0 Å². The monoisotopic (exact) mass is 260 g/mol. The molecular weight excluding hydrogens is 247 g/mol. The van der Waals surface area contributed by atoms with Crippen molar-refractivity contribution >= 4 is 5.91 Å². The Morgan fingerprint density at radius 1 is 1.50 bits per heavy atom. The van der Waals surface area contributed by atoms with Gasteiger partial charge in [0.2, 0.25) is 5.83 Å². The van der Waals surface area contributed by atoms with Crippen molar-refractivity contribution in [3.05, 3.63) is 24.4 Å². The summed E-state index contributed by atoms with van der Waals surface area (Å²) in [6, 6.07) is 0. The van der Waals surface area contributed by atoms with Gasteiger partial charge in [-0.05, 0) is 0 Å². The molecule has 0 aliphatic carbocycles. The molecule has 18 heavy (non-hydrogen) atoms. The Morgan fingerprint density at radius 3 is 2.72 bits per heavy atom. The Hall–Kier alpha value is -1.48. The summed E-state index contributed by atoms with van der Waals surface area (Å²) in [5.74, 6) is -2.00. The fraction of sp³-hybridized carbons (Fsp3) is 0.500. The fourth-order valence-corrected chi connectivity index (χ4v) is 1.85. The van der Waals surface area contributed by atoms with E-state index in [1.54, 1.807) is 0 Å². The quantitative estimate of drug-likeness (QED) is 0.464. The summed E-state index contributed by atoms with van der Waals surface area (Å²) in [5.41, 5.74) is 0. The molecule has 1 fully saturated rings. The van der Waals surface area contributed by atoms with Crippen LogP contribution in [0.2, 0.25) is 0 Å². The van der Waals surface area contributed by atoms with Crippen molar-refractivity contribution in [1.29, 1.82) is 0 Å². The van der Waals surface area contributed by atoms with Gasteiger partial charge >= 0.3 is 0 Å². The molecule has 1 saturated heterocycles. The number of amides is 1. The van der Waals surface area contributed by atoms with Crippen molar-refractivity contribution in [1.82, 2.24) is 10.2 Å². The van der Waals surface area contributed by atoms with E-state index in [0.29, 0.717) is 0 Å². The minimum absolute atomic E-state index is 0.0104. The molecule has 4 N–H and O–H groups in total. The van der Waals surface area contributed by atoms with Crippen molar-refractivity contribution in [2.24, 2.45) is 0 Å². The summed E-state index contributed by atoms with van der Waals surface area (Å²) >= 11 is 0. The molecular formula is C10H13FN2O5. The number of nitrogens with zero attached hydrogens (tertiary/aromatic N) is 1. The summed E-state index contributed by atoms with van der Waals surface area (Å²) in [6.45, 7) is 2.99. The van der Waals surface area contributed by atoms with E-state index in [0.717, 1.165) is 11.1 Å². The van der Waals surface area contributed by atoms with Crippen LogP contribution >= 0.6 is 0 Å². The molecule has 100 valence electrons. The largest absolute Gasteiger partial charge is 0.394 e. The first-order valence-electron chi connectivity index (χ1n) is 5.24. The highest BCUT2D eigenvalue weighted by molar-refractivity contribution is 5.93. The highest BCUT2D eigenvalue weighted by Gasteiger charge is 2.46. The van der Waals surface area contributed by atoms with Crippen LogP contribution in [-0.2, 0) is 9.53 Å². The zero-order valence-electron chi connectivity index (χ0n) is 9.28. The van der Waals surface area contributed by atoms with Crippen LogP contribution in [-0.4, -0.2) is 57.3 Å². The Labute approximate surface area is 102 Å². The third-order valence-electron chi connectivity index (χ3n) is 2.83. The van der Waals surface area contributed by atoms with Gasteiger partial charge in [-0.15, -0.1) is 0 Å². The van der Waals surface area contributed by atoms with Crippen molar-refractivity contribution in [2.75, 3.05) is 6.61 Å². The van der Waals surface area contributed by atoms with E-state index in [4.69, 9.17) is 9.84 Å². The predicted molar refractivity (Wildman–Crippen MR) is 56.1 cm³/mol. The molecule has 2 rings (SSSR count). The maximum Gasteiger partial charge on any atom is 0.287 e. The second-order valence-corrected chi connectivity index (χ2v) is 4.01. The van der Waals surface area contributed by atoms with Crippen LogP contribution < -0.4 is 5.32 Å². The van der Waals surface area contributed by atoms with Crippen LogP contribution in [0.1, 0.15) is 0 Å². The highest BCUT2D eigenvalue weighted by atomic mass is 19.1. The van der Waals surface area contributed by atoms with Crippen molar-refractivity contribution in [3.63, 3.8) is 0 Å². The SMILES string of the molecule is C=C1NC(=O)C(F)=CN1[C@@H]1O[C@H](CO)C(O)C1O. The number of rotatable bonds is 2. The number of aliphatic hydroxyl groups excluding tert-OH is 3. The highest BCUT2D eigenvalue weighted by Crippen LogP contribution is 2.28. The number of aliphatic hydroxyl groups is 3. The van der Waals surface area contributed by atoms with Crippen molar-refractivity contribution < 1.29 is 29.2 Å². The van der Waals surface area contributed by atoms with Crippen LogP contribution in [0.5, 0.6) is 0 Å². The van der Waals surface area contributed by atoms with Crippen LogP contribution in [0.3, 0.4) is 0 Å². The molecule has 8 heteroatoms. The van der Waals surface area contributed by atoms with Gasteiger partial charge in [0.05, 0.1) is 6.61 Å². The van der Waals surface area contributed by atoms with E-state index in [9.17, 15) is 19.4 Å². The average Bonchev–Trinajstić information content (AvgIpc) is 2.61. The molecule has 2 aliphatic rings. The van der Waals surface area contributed by atoms with E-state index in [2.05, 4.69) is 11.9 Å². The van der Waals surface area contributed by atoms with Gasteiger partial charge in [-0.3, -0.25) is 4.79 Å². The van der Waals surface area contributed by atoms with E-state index in [1.807, 2.05) is 0 Å². The van der Waals surface area contributed by atoms with E-state index in [1.165, 1.54) is 0 Å². The number of nitrogens with one attached hydrogen (secondary N) is 1. The van der Waals surface area contributed by atoms with Crippen LogP contribution in [0, 0.1) is 0 Å².